The predicted octanol–water partition coefficient (Wildman–Crippen LogP) is 11.2. The van der Waals surface area contributed by atoms with E-state index in [4.69, 9.17) is 52.4 Å². The summed E-state index contributed by atoms with van der Waals surface area (Å²) in [4.78, 5) is 45.1. The molecule has 0 aromatic carbocycles. The van der Waals surface area contributed by atoms with Crippen molar-refractivity contribution in [2.75, 3.05) is 155 Å². The van der Waals surface area contributed by atoms with Crippen LogP contribution in [-0.2, 0) is 23.7 Å². The molecule has 20 atom stereocenters. The second-order valence-corrected chi connectivity index (χ2v) is 65.2. The molecule has 0 amide bonds. The minimum atomic E-state index is -1.25. The van der Waals surface area contributed by atoms with Gasteiger partial charge in [-0.05, 0) is 191 Å². The summed E-state index contributed by atoms with van der Waals surface area (Å²) in [5.74, 6) is 3.48. The smallest absolute Gasteiger partial charge is 0.172 e. The van der Waals surface area contributed by atoms with Gasteiger partial charge in [-0.3, -0.25) is 22.8 Å². The number of ether oxygens (including phenoxy) is 5. The van der Waals surface area contributed by atoms with E-state index in [-0.39, 0.29) is 0 Å². The van der Waals surface area contributed by atoms with Gasteiger partial charge < -0.3 is 103 Å². The van der Waals surface area contributed by atoms with E-state index in [1.54, 1.807) is 119 Å². The molecule has 35 nitrogen and oxygen atoms in total. The van der Waals surface area contributed by atoms with Gasteiger partial charge in [0, 0.05) is 48.2 Å². The van der Waals surface area contributed by atoms with Crippen molar-refractivity contribution >= 4 is 209 Å². The lowest BCUT2D eigenvalue weighted by Gasteiger charge is -2.20. The van der Waals surface area contributed by atoms with Gasteiger partial charge in [-0.15, -0.1) is 65.9 Å². The van der Waals surface area contributed by atoms with Crippen LogP contribution in [0.3, 0.4) is 0 Å². The van der Waals surface area contributed by atoms with Crippen LogP contribution in [0.2, 0.25) is 0 Å². The lowest BCUT2D eigenvalue weighted by Crippen LogP contribution is -2.32. The lowest BCUT2D eigenvalue weighted by molar-refractivity contribution is -0.0400. The maximum atomic E-state index is 10.8. The summed E-state index contributed by atoms with van der Waals surface area (Å²) in [6.07, 6.45) is 29.4. The molecule has 135 heavy (non-hydrogen) atoms. The van der Waals surface area contributed by atoms with Gasteiger partial charge in [-0.25, -0.2) is 49.8 Å². The number of unbranched alkanes of at least 4 members (excludes halogenated alkanes) is 3. The number of fused-ring (bicyclic) bond motifs is 5. The monoisotopic (exact) mass is 2060 g/mol. The van der Waals surface area contributed by atoms with Gasteiger partial charge in [0.15, 0.2) is 85.2 Å². The number of aliphatic hydroxyl groups is 10. The zero-order chi connectivity index (χ0) is 98.8. The van der Waals surface area contributed by atoms with Crippen molar-refractivity contribution in [2.24, 2.45) is 0 Å². The number of thioether (sulfide) groups is 5. The molecular weight excluding hydrogens is 1920 g/mol. The Balaban J connectivity index is 0.000000162. The van der Waals surface area contributed by atoms with Crippen LogP contribution < -0.4 is 28.7 Å². The SMILES string of the molecule is C=P(C)(C)CC[C@H]1OC(n2c(SC)nc3c(N)ccnc32)[C@H](O)[C@@H]1O.C=P(C)(C)CC[C@H]1OC(n2c(SCC)nc3c(N)ccnc32)[C@H](O)[C@@H]1O.C=P(C)(C)CC[C@H]1OC(n2c(SCCC)nc3c(N)ccnc32)[C@H](O)[C@@H]1O.C=P(C)(C)CC[C@H]1OC(n2c(SCCCC)nc3c(N)ccnc32)[C@H](O)[C@@H]1O.C=P(C)(C)CC[C@H]1OC(n2c(SCCCCC)nc3c(N)ccnc32)[C@H](O)[C@@H]1O. The molecule has 5 saturated heterocycles. The van der Waals surface area contributed by atoms with Gasteiger partial charge in [0.05, 0.1) is 59.0 Å². The predicted molar refractivity (Wildman–Crippen MR) is 571 cm³/mol. The first-order valence-corrected chi connectivity index (χ1v) is 66.2. The average molecular weight is 2060 g/mol. The topological polar surface area (TPSA) is 532 Å². The van der Waals surface area contributed by atoms with E-state index in [0.717, 1.165) is 92.3 Å². The Labute approximate surface area is 814 Å². The highest BCUT2D eigenvalue weighted by Crippen LogP contribution is 2.49. The third kappa shape index (κ3) is 27.4. The molecule has 0 radical (unpaired) electrons. The number of imidazole rings is 5. The van der Waals surface area contributed by atoms with E-state index in [1.807, 2.05) is 13.2 Å². The van der Waals surface area contributed by atoms with E-state index in [1.165, 1.54) is 23.5 Å². The average Bonchev–Trinajstić information content (AvgIpc) is 1.62. The molecule has 45 heteroatoms. The van der Waals surface area contributed by atoms with Gasteiger partial charge in [-0.2, -0.15) is 0 Å². The van der Waals surface area contributed by atoms with Crippen LogP contribution in [-0.4, -0.2) is 374 Å². The Bertz CT molecular complexity index is 5890. The number of aliphatic hydroxyl groups excluding tert-OH is 10. The number of hydrogen-bond donors (Lipinski definition) is 15. The molecular formula is C90H145N20O15P5S5. The second-order valence-electron chi connectivity index (χ2n) is 38.4. The fraction of sp³-hybridized carbons (Fsp3) is 0.611. The first-order valence-electron chi connectivity index (χ1n) is 45.8. The summed E-state index contributed by atoms with van der Waals surface area (Å²) in [6.45, 7) is 23.7. The molecule has 20 N–H and O–H groups in total. The van der Waals surface area contributed by atoms with Gasteiger partial charge in [0.25, 0.3) is 0 Å². The number of nitrogens with zero attached hydrogens (tertiary/aromatic N) is 15. The number of aromatic nitrogens is 15. The summed E-state index contributed by atoms with van der Waals surface area (Å²) in [5, 5.41) is 110. The Morgan fingerprint density at radius 2 is 0.519 bits per heavy atom. The standard InChI is InChI=1S/C20H33N4O3PS.C19H31N4O3PS.C18H29N4O3PS.C17H27N4O3PS.C16H25N4O3PS/c1-5-6-7-12-29-20-23-15-13(21)8-10-22-18(15)24(20)19-17(26)16(25)14(27-19)9-11-28(2,3)4;1-5-6-11-28-19-22-14-12(20)7-9-21-17(14)23(19)18-16(25)15(24)13(26-18)8-10-27(2,3)4;1-5-10-27-18-21-13-11(19)6-8-20-16(13)22(18)17-15(24)14(23)12(25-17)7-9-26(2,3)4;1-5-26-17-20-12-10(18)6-8-19-15(12)21(17)16-14(23)13(22)11(24-16)7-9-25(2,3)4;1-24(2,3)8-6-10-12(21)13(22)15(23-10)20-14-11(19-16(20)25-4)9(17)5-7-18-14/h8,10,14,16-17,19,25-26H,2,5-7,9,11-12H2,1,3-4H3,(H2,21,22);7,9,13,15-16,18,24-25H,2,5-6,8,10-11H2,1,3-4H3,(H2,20,21);6,8,12,14-15,17,23-24H,2,5,7,9-10H2,1,3-4H3,(H2,19,20);6,8,11,13-14,16,22-23H,2,5,7,9H2,1,3-4H3,(H2,18,19);5,7,10,12-13,15,21-22H,1,6,8H2,2-4H3,(H2,17,18)/t14-,16-,17-,19?;13-,15-,16-,18?;12-,14-,15-,17?;11-,13-,14-,16?;10-,12-,13-,15?/m11111/s1. The van der Waals surface area contributed by atoms with Crippen molar-refractivity contribution in [1.82, 2.24) is 72.7 Å². The highest BCUT2D eigenvalue weighted by Gasteiger charge is 2.51. The number of nitrogens with two attached hydrogens (primary N) is 5. The molecule has 5 aliphatic heterocycles. The van der Waals surface area contributed by atoms with Gasteiger partial charge in [-0.1, -0.05) is 106 Å². The normalized spacial score (nSPS) is 26.1. The fourth-order valence-electron chi connectivity index (χ4n) is 16.1. The zero-order valence-corrected chi connectivity index (χ0v) is 88.9. The van der Waals surface area contributed by atoms with Crippen LogP contribution in [0.5, 0.6) is 0 Å². The van der Waals surface area contributed by atoms with Crippen LogP contribution in [0.4, 0.5) is 28.4 Å². The van der Waals surface area contributed by atoms with Crippen LogP contribution in [0, 0.1) is 0 Å². The number of anilines is 5. The number of hydrogen-bond acceptors (Lipinski definition) is 35. The van der Waals surface area contributed by atoms with Crippen molar-refractivity contribution in [3.8, 4) is 0 Å². The molecule has 0 aliphatic carbocycles. The molecule has 5 aliphatic rings. The number of nitrogen functional groups attached to an aromatic ring is 5. The molecule has 0 saturated carbocycles. The zero-order valence-electron chi connectivity index (χ0n) is 80.4. The highest BCUT2D eigenvalue weighted by molar-refractivity contribution is 8.00. The highest BCUT2D eigenvalue weighted by atomic mass is 32.2. The summed E-state index contributed by atoms with van der Waals surface area (Å²) in [5.41, 5.74) is 38.7. The van der Waals surface area contributed by atoms with Crippen LogP contribution >= 0.6 is 93.2 Å². The largest absolute Gasteiger partial charge is 0.397 e. The Morgan fingerprint density at radius 1 is 0.304 bits per heavy atom. The number of rotatable bonds is 35. The minimum absolute atomic E-state index is 0.436. The van der Waals surface area contributed by atoms with E-state index < -0.39 is 157 Å². The molecule has 10 aromatic rings. The summed E-state index contributed by atoms with van der Waals surface area (Å²) >= 11 is 7.72. The van der Waals surface area contributed by atoms with Crippen molar-refractivity contribution in [1.29, 1.82) is 0 Å². The third-order valence-corrected chi connectivity index (χ3v) is 35.6. The Kier molecular flexibility index (Phi) is 39.0. The van der Waals surface area contributed by atoms with Gasteiger partial charge in [0.1, 0.15) is 88.6 Å². The van der Waals surface area contributed by atoms with Gasteiger partial charge in [0.2, 0.25) is 0 Å². The molecule has 15 heterocycles. The van der Waals surface area contributed by atoms with E-state index in [9.17, 15) is 51.1 Å². The summed E-state index contributed by atoms with van der Waals surface area (Å²) in [7, 11) is 0. The molecule has 15 rings (SSSR count). The maximum Gasteiger partial charge on any atom is 0.172 e. The van der Waals surface area contributed by atoms with Crippen molar-refractivity contribution < 1.29 is 74.7 Å². The maximum absolute atomic E-state index is 10.8. The van der Waals surface area contributed by atoms with Crippen LogP contribution in [0.25, 0.3) is 55.8 Å². The van der Waals surface area contributed by atoms with Crippen molar-refractivity contribution in [2.45, 2.75) is 247 Å². The molecule has 750 valence electrons. The number of pyridine rings is 5. The third-order valence-electron chi connectivity index (χ3n) is 23.5. The summed E-state index contributed by atoms with van der Waals surface area (Å²) in [6, 6.07) is 8.52. The van der Waals surface area contributed by atoms with Crippen LogP contribution in [0.1, 0.15) is 129 Å². The fourth-order valence-corrected chi connectivity index (χ4v) is 25.1. The summed E-state index contributed by atoms with van der Waals surface area (Å²) < 4.78 is 39.4. The minimum Gasteiger partial charge on any atom is -0.397 e. The van der Waals surface area contributed by atoms with E-state index >= 15 is 0 Å². The molecule has 5 unspecified atom stereocenters. The molecule has 10 aromatic heterocycles. The second kappa shape index (κ2) is 47.8. The Morgan fingerprint density at radius 3 is 0.733 bits per heavy atom. The van der Waals surface area contributed by atoms with E-state index in [0.29, 0.717) is 142 Å². The first kappa shape index (κ1) is 110. The molecule has 5 fully saturated rings. The van der Waals surface area contributed by atoms with E-state index in [2.05, 4.69) is 169 Å². The van der Waals surface area contributed by atoms with Crippen molar-refractivity contribution in [3.63, 3.8) is 0 Å². The van der Waals surface area contributed by atoms with Crippen molar-refractivity contribution in [3.05, 3.63) is 61.3 Å². The molecule has 0 spiro atoms. The Hall–Kier alpha value is -5.25. The lowest BCUT2D eigenvalue weighted by atomic mass is 10.1. The molecule has 0 bridgehead atoms. The first-order chi connectivity index (χ1) is 63.6. The van der Waals surface area contributed by atoms with Gasteiger partial charge >= 0.3 is 0 Å². The van der Waals surface area contributed by atoms with Crippen LogP contribution in [0.15, 0.2) is 87.1 Å². The quantitative estimate of drug-likeness (QED) is 0.00996.